The highest BCUT2D eigenvalue weighted by Gasteiger charge is 2.46. The topological polar surface area (TPSA) is 80.8 Å². The number of cyclic esters (lactones) is 1. The van der Waals surface area contributed by atoms with Gasteiger partial charge in [-0.1, -0.05) is 6.07 Å². The van der Waals surface area contributed by atoms with E-state index in [2.05, 4.69) is 10.3 Å². The third kappa shape index (κ3) is 2.73. The molecule has 0 spiro atoms. The zero-order valence-corrected chi connectivity index (χ0v) is 13.9. The Morgan fingerprint density at radius 2 is 2.31 bits per heavy atom. The first-order chi connectivity index (χ1) is 12.5. The maximum absolute atomic E-state index is 14.7. The van der Waals surface area contributed by atoms with Crippen LogP contribution in [0.25, 0.3) is 11.1 Å². The Balaban J connectivity index is 1.67. The van der Waals surface area contributed by atoms with Crippen molar-refractivity contribution < 1.29 is 23.5 Å². The first kappa shape index (κ1) is 16.3. The van der Waals surface area contributed by atoms with Crippen molar-refractivity contribution in [3.63, 3.8) is 0 Å². The molecule has 2 atom stereocenters. The van der Waals surface area contributed by atoms with Crippen LogP contribution >= 0.6 is 0 Å². The number of aromatic nitrogens is 1. The number of pyridine rings is 1. The van der Waals surface area contributed by atoms with Gasteiger partial charge in [0.05, 0.1) is 12.2 Å². The monoisotopic (exact) mass is 357 g/mol. The highest BCUT2D eigenvalue weighted by atomic mass is 19.1. The summed E-state index contributed by atoms with van der Waals surface area (Å²) in [5, 5.41) is 2.63. The standard InChI is InChI=1S/C18H16FN3O4/c1-10(23)21-8-17-15-9-25-16-5-12(11-3-2-4-20-7-11)13(19)6-14(16)22(15)18(24)26-17/h2-7,15,17H,8-9H2,1H3,(H,21,23). The average Bonchev–Trinajstić information content (AvgIpc) is 2.96. The molecule has 1 saturated heterocycles. The van der Waals surface area contributed by atoms with Crippen molar-refractivity contribution >= 4 is 17.7 Å². The molecule has 26 heavy (non-hydrogen) atoms. The molecule has 0 radical (unpaired) electrons. The van der Waals surface area contributed by atoms with Crippen molar-refractivity contribution in [2.24, 2.45) is 0 Å². The fraction of sp³-hybridized carbons (Fsp3) is 0.278. The van der Waals surface area contributed by atoms with Crippen molar-refractivity contribution in [2.45, 2.75) is 19.1 Å². The molecular formula is C18H16FN3O4. The van der Waals surface area contributed by atoms with E-state index in [4.69, 9.17) is 9.47 Å². The van der Waals surface area contributed by atoms with Crippen molar-refractivity contribution in [3.8, 4) is 16.9 Å². The second kappa shape index (κ2) is 6.29. The molecule has 2 aromatic rings. The number of fused-ring (bicyclic) bond motifs is 3. The molecule has 0 saturated carbocycles. The predicted octanol–water partition coefficient (Wildman–Crippen LogP) is 2.11. The number of nitrogens with zero attached hydrogens (tertiary/aromatic N) is 2. The third-order valence-electron chi connectivity index (χ3n) is 4.45. The molecule has 2 unspecified atom stereocenters. The number of nitrogens with one attached hydrogen (secondary N) is 1. The Labute approximate surface area is 148 Å². The van der Waals surface area contributed by atoms with Gasteiger partial charge in [0.25, 0.3) is 0 Å². The largest absolute Gasteiger partial charge is 0.489 e. The molecule has 1 N–H and O–H groups in total. The van der Waals surface area contributed by atoms with Crippen molar-refractivity contribution in [1.82, 2.24) is 10.3 Å². The number of carbonyl (C=O) groups excluding carboxylic acids is 2. The summed E-state index contributed by atoms with van der Waals surface area (Å²) in [5.74, 6) is -0.304. The van der Waals surface area contributed by atoms with Gasteiger partial charge in [-0.2, -0.15) is 0 Å². The number of hydrogen-bond donors (Lipinski definition) is 1. The van der Waals surface area contributed by atoms with E-state index in [0.717, 1.165) is 0 Å². The number of hydrogen-bond acceptors (Lipinski definition) is 5. The van der Waals surface area contributed by atoms with E-state index in [-0.39, 0.29) is 19.1 Å². The zero-order chi connectivity index (χ0) is 18.3. The molecule has 2 aliphatic heterocycles. The summed E-state index contributed by atoms with van der Waals surface area (Å²) >= 11 is 0. The summed E-state index contributed by atoms with van der Waals surface area (Å²) in [5.41, 5.74) is 1.28. The highest BCUT2D eigenvalue weighted by Crippen LogP contribution is 2.42. The molecule has 8 heteroatoms. The van der Waals surface area contributed by atoms with Crippen molar-refractivity contribution in [3.05, 3.63) is 42.5 Å². The SMILES string of the molecule is CC(=O)NCC1OC(=O)N2c3cc(F)c(-c4cccnc4)cc3OCC12. The van der Waals surface area contributed by atoms with Gasteiger partial charge in [0.1, 0.15) is 30.3 Å². The first-order valence-electron chi connectivity index (χ1n) is 8.15. The van der Waals surface area contributed by atoms with Gasteiger partial charge in [0.2, 0.25) is 5.91 Å². The van der Waals surface area contributed by atoms with Gasteiger partial charge in [-0.25, -0.2) is 9.18 Å². The number of amides is 2. The lowest BCUT2D eigenvalue weighted by Crippen LogP contribution is -2.47. The fourth-order valence-electron chi connectivity index (χ4n) is 3.21. The number of benzene rings is 1. The molecule has 4 rings (SSSR count). The molecular weight excluding hydrogens is 341 g/mol. The maximum atomic E-state index is 14.7. The van der Waals surface area contributed by atoms with E-state index in [1.165, 1.54) is 17.9 Å². The minimum atomic E-state index is -0.580. The summed E-state index contributed by atoms with van der Waals surface area (Å²) in [6.45, 7) is 1.76. The van der Waals surface area contributed by atoms with E-state index in [1.807, 2.05) is 0 Å². The number of carbonyl (C=O) groups is 2. The molecule has 7 nitrogen and oxygen atoms in total. The van der Waals surface area contributed by atoms with Crippen LogP contribution in [0.4, 0.5) is 14.9 Å². The van der Waals surface area contributed by atoms with Crippen LogP contribution in [-0.4, -0.2) is 42.3 Å². The molecule has 0 aliphatic carbocycles. The number of ether oxygens (including phenoxy) is 2. The predicted molar refractivity (Wildman–Crippen MR) is 90.3 cm³/mol. The van der Waals surface area contributed by atoms with Gasteiger partial charge in [-0.3, -0.25) is 14.7 Å². The van der Waals surface area contributed by atoms with Gasteiger partial charge >= 0.3 is 6.09 Å². The lowest BCUT2D eigenvalue weighted by molar-refractivity contribution is -0.119. The van der Waals surface area contributed by atoms with E-state index in [0.29, 0.717) is 22.6 Å². The van der Waals surface area contributed by atoms with E-state index in [1.54, 1.807) is 30.6 Å². The molecule has 134 valence electrons. The fourth-order valence-corrected chi connectivity index (χ4v) is 3.21. The molecule has 1 aromatic heterocycles. The summed E-state index contributed by atoms with van der Waals surface area (Å²) in [6, 6.07) is 5.87. The van der Waals surface area contributed by atoms with Gasteiger partial charge in [0.15, 0.2) is 0 Å². The van der Waals surface area contributed by atoms with Crippen LogP contribution in [0.3, 0.4) is 0 Å². The van der Waals surface area contributed by atoms with Gasteiger partial charge < -0.3 is 14.8 Å². The average molecular weight is 357 g/mol. The zero-order valence-electron chi connectivity index (χ0n) is 13.9. The minimum absolute atomic E-state index is 0.178. The minimum Gasteiger partial charge on any atom is -0.489 e. The maximum Gasteiger partial charge on any atom is 0.415 e. The Morgan fingerprint density at radius 3 is 3.04 bits per heavy atom. The lowest BCUT2D eigenvalue weighted by atomic mass is 10.0. The number of halogens is 1. The Bertz CT molecular complexity index is 874. The summed E-state index contributed by atoms with van der Waals surface area (Å²) in [4.78, 5) is 28.8. The summed E-state index contributed by atoms with van der Waals surface area (Å²) in [7, 11) is 0. The van der Waals surface area contributed by atoms with Gasteiger partial charge in [-0.15, -0.1) is 0 Å². The first-order valence-corrected chi connectivity index (χ1v) is 8.15. The van der Waals surface area contributed by atoms with Crippen LogP contribution in [0.15, 0.2) is 36.7 Å². The summed E-state index contributed by atoms with van der Waals surface area (Å²) in [6.07, 6.45) is 2.03. The number of anilines is 1. The molecule has 0 bridgehead atoms. The third-order valence-corrected chi connectivity index (χ3v) is 4.45. The van der Waals surface area contributed by atoms with Gasteiger partial charge in [-0.05, 0) is 12.1 Å². The normalized spacial score (nSPS) is 20.7. The quantitative estimate of drug-likeness (QED) is 0.910. The van der Waals surface area contributed by atoms with E-state index >= 15 is 0 Å². The van der Waals surface area contributed by atoms with Gasteiger partial charge in [0, 0.05) is 36.5 Å². The summed E-state index contributed by atoms with van der Waals surface area (Å²) < 4.78 is 25.8. The molecule has 1 fully saturated rings. The molecule has 1 aromatic carbocycles. The molecule has 2 amide bonds. The van der Waals surface area contributed by atoms with E-state index in [9.17, 15) is 14.0 Å². The van der Waals surface area contributed by atoms with Crippen molar-refractivity contribution in [2.75, 3.05) is 18.1 Å². The van der Waals surface area contributed by atoms with Crippen LogP contribution < -0.4 is 15.0 Å². The second-order valence-corrected chi connectivity index (χ2v) is 6.15. The van der Waals surface area contributed by atoms with E-state index < -0.39 is 24.1 Å². The van der Waals surface area contributed by atoms with Crippen LogP contribution in [-0.2, 0) is 9.53 Å². The molecule has 3 heterocycles. The Morgan fingerprint density at radius 1 is 1.46 bits per heavy atom. The molecule has 2 aliphatic rings. The number of rotatable bonds is 3. The Hall–Kier alpha value is -3.16. The van der Waals surface area contributed by atoms with Crippen LogP contribution in [0.2, 0.25) is 0 Å². The smallest absolute Gasteiger partial charge is 0.415 e. The van der Waals surface area contributed by atoms with Crippen LogP contribution in [0, 0.1) is 5.82 Å². The second-order valence-electron chi connectivity index (χ2n) is 6.15. The van der Waals surface area contributed by atoms with Crippen LogP contribution in [0.5, 0.6) is 5.75 Å². The Kier molecular flexibility index (Phi) is 3.95. The lowest BCUT2D eigenvalue weighted by Gasteiger charge is -2.31. The highest BCUT2D eigenvalue weighted by molar-refractivity contribution is 5.94. The van der Waals surface area contributed by atoms with Crippen LogP contribution in [0.1, 0.15) is 6.92 Å². The van der Waals surface area contributed by atoms with Crippen molar-refractivity contribution in [1.29, 1.82) is 0 Å².